The predicted molar refractivity (Wildman–Crippen MR) is 69.8 cm³/mol. The van der Waals surface area contributed by atoms with E-state index in [9.17, 15) is 13.2 Å². The molecule has 6 heteroatoms. The molecule has 0 aliphatic carbocycles. The van der Waals surface area contributed by atoms with Gasteiger partial charge >= 0.3 is 5.51 Å². The summed E-state index contributed by atoms with van der Waals surface area (Å²) in [6, 6.07) is 6.50. The normalized spacial score (nSPS) is 11.5. The highest BCUT2D eigenvalue weighted by atomic mass is 32.2. The summed E-state index contributed by atoms with van der Waals surface area (Å²) >= 11 is 1.65. The number of rotatable bonds is 6. The molecule has 0 radical (unpaired) electrons. The van der Waals surface area contributed by atoms with Crippen LogP contribution in [0.3, 0.4) is 0 Å². The van der Waals surface area contributed by atoms with Crippen LogP contribution in [0.2, 0.25) is 0 Å². The second kappa shape index (κ2) is 7.06. The summed E-state index contributed by atoms with van der Waals surface area (Å²) in [5.41, 5.74) is -3.69. The second-order valence-corrected chi connectivity index (χ2v) is 5.41. The van der Waals surface area contributed by atoms with Crippen LogP contribution in [0, 0.1) is 0 Å². The Hall–Kier alpha value is -0.490. The summed E-state index contributed by atoms with van der Waals surface area (Å²) in [7, 11) is 0. The molecule has 0 heterocycles. The Bertz CT molecular complexity index is 342. The van der Waals surface area contributed by atoms with Crippen molar-refractivity contribution in [3.8, 4) is 0 Å². The molecule has 1 nitrogen and oxygen atoms in total. The second-order valence-electron chi connectivity index (χ2n) is 3.32. The van der Waals surface area contributed by atoms with E-state index in [0.29, 0.717) is 12.2 Å². The third-order valence-corrected chi connectivity index (χ3v) is 3.46. The van der Waals surface area contributed by atoms with E-state index in [2.05, 4.69) is 5.32 Å². The Morgan fingerprint density at radius 3 is 2.59 bits per heavy atom. The van der Waals surface area contributed by atoms with Crippen molar-refractivity contribution in [2.45, 2.75) is 16.8 Å². The van der Waals surface area contributed by atoms with Crippen molar-refractivity contribution < 1.29 is 13.2 Å². The lowest BCUT2D eigenvalue weighted by atomic mass is 10.3. The topological polar surface area (TPSA) is 12.0 Å². The Morgan fingerprint density at radius 2 is 1.94 bits per heavy atom. The minimum absolute atomic E-state index is 0.0766. The molecule has 17 heavy (non-hydrogen) atoms. The lowest BCUT2D eigenvalue weighted by Gasteiger charge is -2.12. The van der Waals surface area contributed by atoms with Crippen LogP contribution in [0.4, 0.5) is 18.9 Å². The Kier molecular flexibility index (Phi) is 6.05. The van der Waals surface area contributed by atoms with Crippen LogP contribution in [0.15, 0.2) is 29.2 Å². The fourth-order valence-corrected chi connectivity index (χ4v) is 2.35. The number of hydrogen-bond donors (Lipinski definition) is 1. The van der Waals surface area contributed by atoms with Gasteiger partial charge < -0.3 is 5.32 Å². The summed E-state index contributed by atoms with van der Waals surface area (Å²) < 4.78 is 36.9. The maximum Gasteiger partial charge on any atom is 0.446 e. The van der Waals surface area contributed by atoms with Crippen LogP contribution in [-0.4, -0.2) is 24.1 Å². The van der Waals surface area contributed by atoms with Gasteiger partial charge in [0.2, 0.25) is 0 Å². The van der Waals surface area contributed by atoms with Gasteiger partial charge in [0.1, 0.15) is 0 Å². The molecular formula is C11H14F3NS2. The molecule has 1 rings (SSSR count). The molecule has 0 saturated heterocycles. The SMILES string of the molecule is CSCCCNc1ccccc1SC(F)(F)F. The monoisotopic (exact) mass is 281 g/mol. The van der Waals surface area contributed by atoms with Crippen molar-refractivity contribution in [1.29, 1.82) is 0 Å². The van der Waals surface area contributed by atoms with E-state index in [1.165, 1.54) is 6.07 Å². The van der Waals surface area contributed by atoms with Gasteiger partial charge in [0, 0.05) is 17.1 Å². The van der Waals surface area contributed by atoms with Crippen LogP contribution in [0.1, 0.15) is 6.42 Å². The number of benzene rings is 1. The molecule has 1 aromatic rings. The van der Waals surface area contributed by atoms with Gasteiger partial charge in [0.25, 0.3) is 0 Å². The summed E-state index contributed by atoms with van der Waals surface area (Å²) in [5, 5.41) is 3.04. The summed E-state index contributed by atoms with van der Waals surface area (Å²) in [6.45, 7) is 0.691. The smallest absolute Gasteiger partial charge is 0.384 e. The van der Waals surface area contributed by atoms with Crippen LogP contribution in [0.25, 0.3) is 0 Å². The zero-order valence-electron chi connectivity index (χ0n) is 9.38. The van der Waals surface area contributed by atoms with E-state index in [1.807, 2.05) is 6.26 Å². The standard InChI is InChI=1S/C11H14F3NS2/c1-16-8-4-7-15-9-5-2-3-6-10(9)17-11(12,13)14/h2-3,5-6,15H,4,7-8H2,1H3. The number of halogens is 3. The number of alkyl halides is 3. The van der Waals surface area contributed by atoms with Crippen molar-refractivity contribution in [3.05, 3.63) is 24.3 Å². The number of nitrogens with one attached hydrogen (secondary N) is 1. The van der Waals surface area contributed by atoms with E-state index >= 15 is 0 Å². The van der Waals surface area contributed by atoms with Crippen LogP contribution in [-0.2, 0) is 0 Å². The largest absolute Gasteiger partial charge is 0.446 e. The molecule has 0 aromatic heterocycles. The molecule has 96 valence electrons. The van der Waals surface area contributed by atoms with Crippen LogP contribution >= 0.6 is 23.5 Å². The van der Waals surface area contributed by atoms with Gasteiger partial charge in [-0.2, -0.15) is 24.9 Å². The van der Waals surface area contributed by atoms with E-state index < -0.39 is 5.51 Å². The van der Waals surface area contributed by atoms with Crippen molar-refractivity contribution in [2.24, 2.45) is 0 Å². The minimum atomic E-state index is -4.24. The minimum Gasteiger partial charge on any atom is -0.384 e. The lowest BCUT2D eigenvalue weighted by molar-refractivity contribution is -0.0327. The molecule has 1 aromatic carbocycles. The number of para-hydroxylation sites is 1. The van der Waals surface area contributed by atoms with E-state index in [4.69, 9.17) is 0 Å². The summed E-state index contributed by atoms with van der Waals surface area (Å²) in [5.74, 6) is 1.00. The Morgan fingerprint density at radius 1 is 1.24 bits per heavy atom. The first-order valence-corrected chi connectivity index (χ1v) is 7.31. The first kappa shape index (κ1) is 14.6. The molecule has 0 bridgehead atoms. The molecule has 0 spiro atoms. The van der Waals surface area contributed by atoms with E-state index in [-0.39, 0.29) is 16.7 Å². The number of anilines is 1. The molecule has 0 amide bonds. The average Bonchev–Trinajstić information content (AvgIpc) is 2.24. The van der Waals surface area contributed by atoms with Crippen molar-refractivity contribution in [3.63, 3.8) is 0 Å². The van der Waals surface area contributed by atoms with Gasteiger partial charge in [-0.3, -0.25) is 0 Å². The fourth-order valence-electron chi connectivity index (χ4n) is 1.27. The molecule has 0 aliphatic rings. The molecule has 0 fully saturated rings. The van der Waals surface area contributed by atoms with Gasteiger partial charge in [-0.15, -0.1) is 0 Å². The van der Waals surface area contributed by atoms with Gasteiger partial charge in [-0.1, -0.05) is 12.1 Å². The lowest BCUT2D eigenvalue weighted by Crippen LogP contribution is -2.05. The quantitative estimate of drug-likeness (QED) is 0.610. The molecule has 0 aliphatic heterocycles. The summed E-state index contributed by atoms with van der Waals surface area (Å²) in [4.78, 5) is 0.226. The summed E-state index contributed by atoms with van der Waals surface area (Å²) in [6.07, 6.45) is 2.94. The maximum atomic E-state index is 12.3. The Balaban J connectivity index is 2.58. The first-order valence-electron chi connectivity index (χ1n) is 5.10. The van der Waals surface area contributed by atoms with Crippen molar-refractivity contribution >= 4 is 29.2 Å². The van der Waals surface area contributed by atoms with Crippen molar-refractivity contribution in [2.75, 3.05) is 23.9 Å². The van der Waals surface area contributed by atoms with Crippen LogP contribution < -0.4 is 5.32 Å². The van der Waals surface area contributed by atoms with Crippen LogP contribution in [0.5, 0.6) is 0 Å². The highest BCUT2D eigenvalue weighted by Crippen LogP contribution is 2.40. The third kappa shape index (κ3) is 6.12. The molecular weight excluding hydrogens is 267 g/mol. The predicted octanol–water partition coefficient (Wildman–Crippen LogP) is 4.46. The third-order valence-electron chi connectivity index (χ3n) is 1.95. The molecule has 0 saturated carbocycles. The van der Waals surface area contributed by atoms with Gasteiger partial charge in [-0.25, -0.2) is 0 Å². The fraction of sp³-hybridized carbons (Fsp3) is 0.455. The van der Waals surface area contributed by atoms with Gasteiger partial charge in [0.15, 0.2) is 0 Å². The number of thioether (sulfide) groups is 2. The maximum absolute atomic E-state index is 12.3. The zero-order valence-corrected chi connectivity index (χ0v) is 11.0. The molecule has 1 N–H and O–H groups in total. The first-order chi connectivity index (χ1) is 8.03. The van der Waals surface area contributed by atoms with Crippen molar-refractivity contribution in [1.82, 2.24) is 0 Å². The van der Waals surface area contributed by atoms with E-state index in [1.54, 1.807) is 30.0 Å². The van der Waals surface area contributed by atoms with E-state index in [0.717, 1.165) is 12.2 Å². The molecule has 0 atom stereocenters. The van der Waals surface area contributed by atoms with Gasteiger partial charge in [-0.05, 0) is 42.3 Å². The van der Waals surface area contributed by atoms with Gasteiger partial charge in [0.05, 0.1) is 0 Å². The highest BCUT2D eigenvalue weighted by Gasteiger charge is 2.30. The number of hydrogen-bond acceptors (Lipinski definition) is 3. The zero-order chi connectivity index (χ0) is 12.7. The molecule has 0 unspecified atom stereocenters. The highest BCUT2D eigenvalue weighted by molar-refractivity contribution is 8.00. The Labute approximate surface area is 108 Å². The average molecular weight is 281 g/mol.